The van der Waals surface area contributed by atoms with Gasteiger partial charge in [-0.1, -0.05) is 23.7 Å². The lowest BCUT2D eigenvalue weighted by atomic mass is 10.2. The van der Waals surface area contributed by atoms with Crippen molar-refractivity contribution in [2.75, 3.05) is 17.1 Å². The van der Waals surface area contributed by atoms with Crippen molar-refractivity contribution >= 4 is 38.9 Å². The van der Waals surface area contributed by atoms with Gasteiger partial charge in [0.15, 0.2) is 0 Å². The number of para-hydroxylation sites is 2. The largest absolute Gasteiger partial charge is 0.495 e. The van der Waals surface area contributed by atoms with Gasteiger partial charge in [0.2, 0.25) is 0 Å². The molecule has 0 fully saturated rings. The number of hydrogen-bond acceptors (Lipinski definition) is 4. The van der Waals surface area contributed by atoms with E-state index < -0.39 is 21.7 Å². The summed E-state index contributed by atoms with van der Waals surface area (Å²) in [6.07, 6.45) is 0. The van der Waals surface area contributed by atoms with Crippen LogP contribution >= 0.6 is 11.6 Å². The molecule has 1 amide bonds. The van der Waals surface area contributed by atoms with Gasteiger partial charge < -0.3 is 10.1 Å². The van der Waals surface area contributed by atoms with Crippen molar-refractivity contribution in [3.63, 3.8) is 0 Å². The Morgan fingerprint density at radius 1 is 1.03 bits per heavy atom. The summed E-state index contributed by atoms with van der Waals surface area (Å²) in [4.78, 5) is 12.2. The molecule has 3 rings (SSSR count). The van der Waals surface area contributed by atoms with Gasteiger partial charge in [-0.3, -0.25) is 9.52 Å². The third-order valence-electron chi connectivity index (χ3n) is 3.94. The van der Waals surface area contributed by atoms with Crippen molar-refractivity contribution in [3.05, 3.63) is 83.1 Å². The van der Waals surface area contributed by atoms with Crippen molar-refractivity contribution in [1.29, 1.82) is 0 Å². The molecule has 3 aromatic carbocycles. The average Bonchev–Trinajstić information content (AvgIpc) is 2.70. The number of benzene rings is 3. The van der Waals surface area contributed by atoms with Crippen LogP contribution in [0, 0.1) is 5.82 Å². The third-order valence-corrected chi connectivity index (χ3v) is 5.78. The minimum atomic E-state index is -4.10. The highest BCUT2D eigenvalue weighted by atomic mass is 35.5. The summed E-state index contributed by atoms with van der Waals surface area (Å²) in [6, 6.07) is 15.5. The van der Waals surface area contributed by atoms with E-state index in [9.17, 15) is 17.6 Å². The fourth-order valence-corrected chi connectivity index (χ4v) is 4.11. The molecule has 9 heteroatoms. The lowest BCUT2D eigenvalue weighted by Crippen LogP contribution is -2.17. The van der Waals surface area contributed by atoms with E-state index in [0.717, 1.165) is 0 Å². The molecule has 0 heterocycles. The number of nitrogens with one attached hydrogen (secondary N) is 2. The molecule has 0 radical (unpaired) electrons. The number of methoxy groups -OCH3 is 1. The van der Waals surface area contributed by atoms with Crippen LogP contribution in [-0.4, -0.2) is 21.4 Å². The summed E-state index contributed by atoms with van der Waals surface area (Å²) >= 11 is 6.08. The van der Waals surface area contributed by atoms with E-state index in [0.29, 0.717) is 11.4 Å². The predicted octanol–water partition coefficient (Wildman–Crippen LogP) is 4.54. The number of hydrogen-bond donors (Lipinski definition) is 2. The zero-order valence-corrected chi connectivity index (χ0v) is 16.7. The van der Waals surface area contributed by atoms with Crippen LogP contribution in [0.5, 0.6) is 5.75 Å². The number of rotatable bonds is 6. The summed E-state index contributed by atoms with van der Waals surface area (Å²) in [5.41, 5.74) is 0.661. The topological polar surface area (TPSA) is 84.5 Å². The molecule has 0 unspecified atom stereocenters. The Labute approximate surface area is 172 Å². The molecular formula is C20H16ClFN2O4S. The SMILES string of the molecule is COc1ccccc1NS(=O)(=O)c1cc(C(=O)Nc2ccc(F)cc2)ccc1Cl. The summed E-state index contributed by atoms with van der Waals surface area (Å²) in [7, 11) is -2.69. The van der Waals surface area contributed by atoms with Gasteiger partial charge in [0.05, 0.1) is 17.8 Å². The van der Waals surface area contributed by atoms with Crippen LogP contribution in [-0.2, 0) is 10.0 Å². The molecule has 0 saturated carbocycles. The Morgan fingerprint density at radius 3 is 2.41 bits per heavy atom. The second-order valence-electron chi connectivity index (χ2n) is 5.91. The number of halogens is 2. The van der Waals surface area contributed by atoms with Gasteiger partial charge in [-0.05, 0) is 54.6 Å². The van der Waals surface area contributed by atoms with E-state index in [4.69, 9.17) is 16.3 Å². The van der Waals surface area contributed by atoms with Gasteiger partial charge in [0.25, 0.3) is 15.9 Å². The Morgan fingerprint density at radius 2 is 1.72 bits per heavy atom. The number of carbonyl (C=O) groups excluding carboxylic acids is 1. The molecule has 0 spiro atoms. The van der Waals surface area contributed by atoms with Crippen LogP contribution < -0.4 is 14.8 Å². The van der Waals surface area contributed by atoms with E-state index in [-0.39, 0.29) is 21.2 Å². The molecule has 0 saturated heterocycles. The van der Waals surface area contributed by atoms with Crippen LogP contribution in [0.25, 0.3) is 0 Å². The van der Waals surface area contributed by atoms with Gasteiger partial charge in [-0.2, -0.15) is 0 Å². The van der Waals surface area contributed by atoms with Gasteiger partial charge >= 0.3 is 0 Å². The molecule has 150 valence electrons. The first-order chi connectivity index (χ1) is 13.8. The molecule has 0 aliphatic rings. The molecule has 0 atom stereocenters. The average molecular weight is 435 g/mol. The van der Waals surface area contributed by atoms with Gasteiger partial charge in [0.1, 0.15) is 16.5 Å². The first kappa shape index (κ1) is 20.6. The zero-order chi connectivity index (χ0) is 21.0. The van der Waals surface area contributed by atoms with Gasteiger partial charge in [0, 0.05) is 11.3 Å². The van der Waals surface area contributed by atoms with E-state index in [1.807, 2.05) is 0 Å². The molecular weight excluding hydrogens is 419 g/mol. The van der Waals surface area contributed by atoms with Crippen molar-refractivity contribution in [3.8, 4) is 5.75 Å². The zero-order valence-electron chi connectivity index (χ0n) is 15.1. The molecule has 0 aliphatic carbocycles. The van der Waals surface area contributed by atoms with Gasteiger partial charge in [-0.25, -0.2) is 12.8 Å². The monoisotopic (exact) mass is 434 g/mol. The quantitative estimate of drug-likeness (QED) is 0.596. The normalized spacial score (nSPS) is 11.0. The van der Waals surface area contributed by atoms with E-state index >= 15 is 0 Å². The maximum Gasteiger partial charge on any atom is 0.263 e. The highest BCUT2D eigenvalue weighted by Gasteiger charge is 2.22. The standard InChI is InChI=1S/C20H16ClFN2O4S/c1-28-18-5-3-2-4-17(18)24-29(26,27)19-12-13(6-11-16(19)21)20(25)23-15-9-7-14(22)8-10-15/h2-12,24H,1H3,(H,23,25). The smallest absolute Gasteiger partial charge is 0.263 e. The highest BCUT2D eigenvalue weighted by molar-refractivity contribution is 7.92. The van der Waals surface area contributed by atoms with Gasteiger partial charge in [-0.15, -0.1) is 0 Å². The van der Waals surface area contributed by atoms with Crippen LogP contribution in [0.1, 0.15) is 10.4 Å². The second-order valence-corrected chi connectivity index (χ2v) is 7.97. The summed E-state index contributed by atoms with van der Waals surface area (Å²) in [5, 5.41) is 2.52. The maximum absolute atomic E-state index is 13.0. The van der Waals surface area contributed by atoms with Crippen molar-refractivity contribution in [1.82, 2.24) is 0 Å². The summed E-state index contributed by atoms with van der Waals surface area (Å²) < 4.78 is 46.2. The maximum atomic E-state index is 13.0. The molecule has 0 bridgehead atoms. The van der Waals surface area contributed by atoms with Crippen molar-refractivity contribution in [2.24, 2.45) is 0 Å². The van der Waals surface area contributed by atoms with Crippen LogP contribution in [0.4, 0.5) is 15.8 Å². The van der Waals surface area contributed by atoms with Crippen LogP contribution in [0.15, 0.2) is 71.6 Å². The van der Waals surface area contributed by atoms with Crippen molar-refractivity contribution < 1.29 is 22.3 Å². The Balaban J connectivity index is 1.89. The first-order valence-corrected chi connectivity index (χ1v) is 10.2. The van der Waals surface area contributed by atoms with Crippen molar-refractivity contribution in [2.45, 2.75) is 4.90 Å². The minimum Gasteiger partial charge on any atom is -0.495 e. The Bertz CT molecular complexity index is 1150. The number of ether oxygens (including phenoxy) is 1. The number of amides is 1. The van der Waals surface area contributed by atoms with E-state index in [1.54, 1.807) is 18.2 Å². The van der Waals surface area contributed by atoms with E-state index in [1.165, 1.54) is 55.6 Å². The minimum absolute atomic E-state index is 0.0502. The first-order valence-electron chi connectivity index (χ1n) is 8.32. The molecule has 0 aromatic heterocycles. The molecule has 3 aromatic rings. The second kappa shape index (κ2) is 8.50. The van der Waals surface area contributed by atoms with Crippen LogP contribution in [0.2, 0.25) is 5.02 Å². The highest BCUT2D eigenvalue weighted by Crippen LogP contribution is 2.29. The van der Waals surface area contributed by atoms with Crippen LogP contribution in [0.3, 0.4) is 0 Å². The molecule has 0 aliphatic heterocycles. The number of anilines is 2. The third kappa shape index (κ3) is 4.85. The number of carbonyl (C=O) groups is 1. The lowest BCUT2D eigenvalue weighted by molar-refractivity contribution is 0.102. The molecule has 6 nitrogen and oxygen atoms in total. The Kier molecular flexibility index (Phi) is 6.05. The Hall–Kier alpha value is -3.10. The molecule has 2 N–H and O–H groups in total. The fourth-order valence-electron chi connectivity index (χ4n) is 2.52. The summed E-state index contributed by atoms with van der Waals surface area (Å²) in [5.74, 6) is -0.676. The fraction of sp³-hybridized carbons (Fsp3) is 0.0500. The number of sulfonamides is 1. The van der Waals surface area contributed by atoms with E-state index in [2.05, 4.69) is 10.0 Å². The molecule has 29 heavy (non-hydrogen) atoms. The summed E-state index contributed by atoms with van der Waals surface area (Å²) in [6.45, 7) is 0. The lowest BCUT2D eigenvalue weighted by Gasteiger charge is -2.13. The predicted molar refractivity (Wildman–Crippen MR) is 110 cm³/mol.